The van der Waals surface area contributed by atoms with Gasteiger partial charge in [0, 0.05) is 7.05 Å². The van der Waals surface area contributed by atoms with Crippen LogP contribution in [0.15, 0.2) is 0 Å². The normalized spacial score (nSPS) is 11.7. The van der Waals surface area contributed by atoms with E-state index in [-0.39, 0.29) is 12.5 Å². The molecule has 2 N–H and O–H groups in total. The smallest absolute Gasteiger partial charge is 0.407 e. The van der Waals surface area contributed by atoms with Gasteiger partial charge >= 0.3 is 6.09 Å². The lowest BCUT2D eigenvalue weighted by atomic mass is 10.0. The summed E-state index contributed by atoms with van der Waals surface area (Å²) < 4.78 is 0. The lowest BCUT2D eigenvalue weighted by Gasteiger charge is -2.25. The molecular formula is C10H17N3O3. The van der Waals surface area contributed by atoms with E-state index in [1.807, 2.05) is 13.8 Å². The van der Waals surface area contributed by atoms with E-state index in [1.165, 1.54) is 7.05 Å². The summed E-state index contributed by atoms with van der Waals surface area (Å²) in [4.78, 5) is 23.4. The molecule has 0 saturated carbocycles. The minimum atomic E-state index is -1.15. The molecule has 0 radical (unpaired) electrons. The third kappa shape index (κ3) is 4.64. The summed E-state index contributed by atoms with van der Waals surface area (Å²) in [5, 5.41) is 19.5. The van der Waals surface area contributed by atoms with E-state index in [4.69, 9.17) is 10.4 Å². The summed E-state index contributed by atoms with van der Waals surface area (Å²) in [5.41, 5.74) is 0. The van der Waals surface area contributed by atoms with Crippen LogP contribution in [-0.2, 0) is 4.79 Å². The van der Waals surface area contributed by atoms with Gasteiger partial charge in [-0.05, 0) is 12.3 Å². The summed E-state index contributed by atoms with van der Waals surface area (Å²) in [6.45, 7) is 3.70. The lowest BCUT2D eigenvalue weighted by molar-refractivity contribution is -0.125. The molecule has 90 valence electrons. The molecule has 1 atom stereocenters. The van der Waals surface area contributed by atoms with Crippen LogP contribution >= 0.6 is 0 Å². The summed E-state index contributed by atoms with van der Waals surface area (Å²) in [6.07, 6.45) is -0.724. The van der Waals surface area contributed by atoms with E-state index in [0.29, 0.717) is 6.42 Å². The SMILES string of the molecule is CC(C)C[C@@H](C(=O)NCC#N)N(C)C(=O)O. The van der Waals surface area contributed by atoms with Gasteiger partial charge in [0.05, 0.1) is 6.07 Å². The second kappa shape index (κ2) is 6.67. The number of amides is 2. The van der Waals surface area contributed by atoms with Crippen LogP contribution in [0.3, 0.4) is 0 Å². The van der Waals surface area contributed by atoms with Crippen LogP contribution in [0.1, 0.15) is 20.3 Å². The number of nitrogens with zero attached hydrogens (tertiary/aromatic N) is 2. The van der Waals surface area contributed by atoms with Gasteiger partial charge in [-0.2, -0.15) is 5.26 Å². The van der Waals surface area contributed by atoms with Gasteiger partial charge < -0.3 is 10.4 Å². The molecule has 6 heteroatoms. The Labute approximate surface area is 94.8 Å². The summed E-state index contributed by atoms with van der Waals surface area (Å²) in [5.74, 6) is -0.236. The largest absolute Gasteiger partial charge is 0.465 e. The first-order valence-corrected chi connectivity index (χ1v) is 5.00. The van der Waals surface area contributed by atoms with Crippen molar-refractivity contribution in [2.45, 2.75) is 26.3 Å². The molecule has 16 heavy (non-hydrogen) atoms. The summed E-state index contributed by atoms with van der Waals surface area (Å²) >= 11 is 0. The van der Waals surface area contributed by atoms with Crippen LogP contribution in [-0.4, -0.2) is 41.6 Å². The van der Waals surface area contributed by atoms with Crippen LogP contribution in [0.25, 0.3) is 0 Å². The number of hydrogen-bond donors (Lipinski definition) is 2. The highest BCUT2D eigenvalue weighted by Gasteiger charge is 2.26. The van der Waals surface area contributed by atoms with Gasteiger partial charge in [-0.1, -0.05) is 13.8 Å². The van der Waals surface area contributed by atoms with Crippen LogP contribution < -0.4 is 5.32 Å². The van der Waals surface area contributed by atoms with Crippen molar-refractivity contribution in [1.82, 2.24) is 10.2 Å². The fraction of sp³-hybridized carbons (Fsp3) is 0.700. The standard InChI is InChI=1S/C10H17N3O3/c1-7(2)6-8(13(3)10(15)16)9(14)12-5-4-11/h7-8H,5-6H2,1-3H3,(H,12,14)(H,15,16)/t8-/m0/s1. The number of carbonyl (C=O) groups excluding carboxylic acids is 1. The quantitative estimate of drug-likeness (QED) is 0.674. The van der Waals surface area contributed by atoms with Crippen molar-refractivity contribution < 1.29 is 14.7 Å². The first kappa shape index (κ1) is 14.2. The molecule has 0 aliphatic carbocycles. The molecule has 0 aromatic rings. The minimum Gasteiger partial charge on any atom is -0.465 e. The van der Waals surface area contributed by atoms with Crippen LogP contribution in [0.2, 0.25) is 0 Å². The van der Waals surface area contributed by atoms with E-state index in [1.54, 1.807) is 6.07 Å². The van der Waals surface area contributed by atoms with Crippen molar-refractivity contribution in [2.24, 2.45) is 5.92 Å². The number of carbonyl (C=O) groups is 2. The molecule has 0 saturated heterocycles. The van der Waals surface area contributed by atoms with Gasteiger partial charge in [-0.25, -0.2) is 4.79 Å². The molecule has 0 unspecified atom stereocenters. The van der Waals surface area contributed by atoms with E-state index >= 15 is 0 Å². The monoisotopic (exact) mass is 227 g/mol. The molecule has 0 aromatic heterocycles. The topological polar surface area (TPSA) is 93.4 Å². The van der Waals surface area contributed by atoms with E-state index in [2.05, 4.69) is 5.32 Å². The Morgan fingerprint density at radius 2 is 2.06 bits per heavy atom. The van der Waals surface area contributed by atoms with E-state index < -0.39 is 18.0 Å². The maximum atomic E-state index is 11.6. The van der Waals surface area contributed by atoms with Gasteiger partial charge in [0.15, 0.2) is 0 Å². The third-order valence-corrected chi connectivity index (χ3v) is 2.11. The fourth-order valence-electron chi connectivity index (χ4n) is 1.27. The van der Waals surface area contributed by atoms with E-state index in [0.717, 1.165) is 4.90 Å². The molecule has 6 nitrogen and oxygen atoms in total. The zero-order chi connectivity index (χ0) is 12.7. The summed E-state index contributed by atoms with van der Waals surface area (Å²) in [7, 11) is 1.35. The molecule has 0 fully saturated rings. The fourth-order valence-corrected chi connectivity index (χ4v) is 1.27. The second-order valence-electron chi connectivity index (χ2n) is 3.91. The van der Waals surface area contributed by atoms with Gasteiger partial charge in [-0.3, -0.25) is 9.69 Å². The van der Waals surface area contributed by atoms with Crippen LogP contribution in [0, 0.1) is 17.2 Å². The molecule has 0 spiro atoms. The zero-order valence-corrected chi connectivity index (χ0v) is 9.73. The second-order valence-corrected chi connectivity index (χ2v) is 3.91. The van der Waals surface area contributed by atoms with Crippen molar-refractivity contribution in [1.29, 1.82) is 5.26 Å². The molecule has 0 heterocycles. The molecule has 0 aromatic carbocycles. The van der Waals surface area contributed by atoms with Gasteiger partial charge in [0.25, 0.3) is 0 Å². The molecule has 0 aliphatic rings. The molecule has 0 bridgehead atoms. The number of hydrogen-bond acceptors (Lipinski definition) is 3. The van der Waals surface area contributed by atoms with E-state index in [9.17, 15) is 9.59 Å². The van der Waals surface area contributed by atoms with Gasteiger partial charge in [-0.15, -0.1) is 0 Å². The predicted molar refractivity (Wildman–Crippen MR) is 57.7 cm³/mol. The van der Waals surface area contributed by atoms with Crippen molar-refractivity contribution in [3.8, 4) is 6.07 Å². The number of likely N-dealkylation sites (N-methyl/N-ethyl adjacent to an activating group) is 1. The Kier molecular flexibility index (Phi) is 5.93. The van der Waals surface area contributed by atoms with Crippen molar-refractivity contribution >= 4 is 12.0 Å². The molecular weight excluding hydrogens is 210 g/mol. The Morgan fingerprint density at radius 1 is 1.50 bits per heavy atom. The van der Waals surface area contributed by atoms with Crippen molar-refractivity contribution in [2.75, 3.05) is 13.6 Å². The molecule has 0 aliphatic heterocycles. The zero-order valence-electron chi connectivity index (χ0n) is 9.73. The molecule has 0 rings (SSSR count). The van der Waals surface area contributed by atoms with Crippen molar-refractivity contribution in [3.63, 3.8) is 0 Å². The first-order chi connectivity index (χ1) is 7.40. The molecule has 2 amide bonds. The van der Waals surface area contributed by atoms with Gasteiger partial charge in [0.1, 0.15) is 12.6 Å². The average molecular weight is 227 g/mol. The average Bonchev–Trinajstić information content (AvgIpc) is 2.21. The Bertz CT molecular complexity index is 296. The minimum absolute atomic E-state index is 0.110. The maximum Gasteiger partial charge on any atom is 0.407 e. The Hall–Kier alpha value is -1.77. The van der Waals surface area contributed by atoms with Crippen molar-refractivity contribution in [3.05, 3.63) is 0 Å². The number of nitriles is 1. The third-order valence-electron chi connectivity index (χ3n) is 2.11. The van der Waals surface area contributed by atoms with Gasteiger partial charge in [0.2, 0.25) is 5.91 Å². The maximum absolute atomic E-state index is 11.6. The number of rotatable bonds is 5. The lowest BCUT2D eigenvalue weighted by Crippen LogP contribution is -2.48. The highest BCUT2D eigenvalue weighted by atomic mass is 16.4. The number of nitrogens with one attached hydrogen (secondary N) is 1. The highest BCUT2D eigenvalue weighted by molar-refractivity contribution is 5.85. The Morgan fingerprint density at radius 3 is 2.44 bits per heavy atom. The van der Waals surface area contributed by atoms with Crippen LogP contribution in [0.5, 0.6) is 0 Å². The number of carboxylic acid groups (broad SMARTS) is 1. The Balaban J connectivity index is 4.60. The highest BCUT2D eigenvalue weighted by Crippen LogP contribution is 2.10. The first-order valence-electron chi connectivity index (χ1n) is 5.00. The predicted octanol–water partition coefficient (Wildman–Crippen LogP) is 0.651. The van der Waals surface area contributed by atoms with Crippen LogP contribution in [0.4, 0.5) is 4.79 Å². The summed E-state index contributed by atoms with van der Waals surface area (Å²) in [6, 6.07) is 1.03.